The van der Waals surface area contributed by atoms with Crippen LogP contribution < -0.4 is 9.62 Å². The number of nitrogens with zero attached hydrogens (tertiary/aromatic N) is 2. The number of nitrogens with one attached hydrogen (secondary N) is 1. The van der Waals surface area contributed by atoms with Crippen LogP contribution in [-0.4, -0.2) is 44.8 Å². The molecule has 43 heavy (non-hydrogen) atoms. The first kappa shape index (κ1) is 31.7. The molecule has 0 spiro atoms. The lowest BCUT2D eigenvalue weighted by atomic mass is 10.0. The Morgan fingerprint density at radius 1 is 0.907 bits per heavy atom. The Bertz CT molecular complexity index is 1700. The maximum atomic E-state index is 14.9. The van der Waals surface area contributed by atoms with Gasteiger partial charge in [-0.1, -0.05) is 83.9 Å². The van der Waals surface area contributed by atoms with E-state index in [9.17, 15) is 22.4 Å². The van der Waals surface area contributed by atoms with Gasteiger partial charge in [0.25, 0.3) is 10.0 Å². The molecule has 0 heterocycles. The smallest absolute Gasteiger partial charge is 0.264 e. The molecule has 224 valence electrons. The molecule has 0 aliphatic heterocycles. The van der Waals surface area contributed by atoms with Crippen LogP contribution in [0.3, 0.4) is 0 Å². The van der Waals surface area contributed by atoms with Crippen molar-refractivity contribution in [3.63, 3.8) is 0 Å². The molecule has 2 amide bonds. The summed E-state index contributed by atoms with van der Waals surface area (Å²) >= 11 is 6.39. The molecular weight excluding hydrogens is 589 g/mol. The summed E-state index contributed by atoms with van der Waals surface area (Å²) in [7, 11) is -2.82. The normalized spacial score (nSPS) is 11.9. The van der Waals surface area contributed by atoms with Crippen LogP contribution in [0, 0.1) is 19.7 Å². The van der Waals surface area contributed by atoms with E-state index in [1.165, 1.54) is 48.3 Å². The van der Waals surface area contributed by atoms with E-state index >= 15 is 0 Å². The highest BCUT2D eigenvalue weighted by Gasteiger charge is 2.34. The quantitative estimate of drug-likeness (QED) is 0.234. The van der Waals surface area contributed by atoms with Crippen LogP contribution in [0.25, 0.3) is 0 Å². The van der Waals surface area contributed by atoms with Gasteiger partial charge in [-0.3, -0.25) is 13.9 Å². The lowest BCUT2D eigenvalue weighted by Crippen LogP contribution is -2.53. The zero-order chi connectivity index (χ0) is 31.1. The first-order valence-electron chi connectivity index (χ1n) is 13.6. The topological polar surface area (TPSA) is 86.8 Å². The molecule has 1 N–H and O–H groups in total. The van der Waals surface area contributed by atoms with Crippen molar-refractivity contribution in [3.05, 3.63) is 130 Å². The fourth-order valence-electron chi connectivity index (χ4n) is 4.63. The second kappa shape index (κ2) is 13.8. The van der Waals surface area contributed by atoms with Crippen LogP contribution in [0.15, 0.2) is 102 Å². The molecule has 4 aromatic carbocycles. The Kier molecular flexibility index (Phi) is 10.2. The Labute approximate surface area is 257 Å². The van der Waals surface area contributed by atoms with Gasteiger partial charge in [-0.2, -0.15) is 0 Å². The Balaban J connectivity index is 1.81. The lowest BCUT2D eigenvalue weighted by molar-refractivity contribution is -0.139. The molecule has 10 heteroatoms. The fourth-order valence-corrected chi connectivity index (χ4v) is 6.21. The first-order chi connectivity index (χ1) is 20.5. The van der Waals surface area contributed by atoms with Crippen molar-refractivity contribution in [2.45, 2.75) is 37.8 Å². The van der Waals surface area contributed by atoms with Crippen molar-refractivity contribution in [1.82, 2.24) is 10.2 Å². The van der Waals surface area contributed by atoms with Gasteiger partial charge in [-0.25, -0.2) is 12.8 Å². The second-order valence-electron chi connectivity index (χ2n) is 10.2. The van der Waals surface area contributed by atoms with Crippen molar-refractivity contribution in [3.8, 4) is 0 Å². The van der Waals surface area contributed by atoms with E-state index in [4.69, 9.17) is 11.6 Å². The number of hydrogen-bond acceptors (Lipinski definition) is 4. The third kappa shape index (κ3) is 7.60. The Morgan fingerprint density at radius 3 is 2.19 bits per heavy atom. The van der Waals surface area contributed by atoms with Gasteiger partial charge in [0.15, 0.2) is 0 Å². The van der Waals surface area contributed by atoms with Gasteiger partial charge in [-0.05, 0) is 55.3 Å². The number of anilines is 1. The molecule has 0 saturated heterocycles. The molecule has 4 rings (SSSR count). The molecule has 0 aliphatic rings. The highest BCUT2D eigenvalue weighted by molar-refractivity contribution is 7.92. The number of amides is 2. The van der Waals surface area contributed by atoms with Crippen LogP contribution in [0.5, 0.6) is 0 Å². The molecule has 0 radical (unpaired) electrons. The zero-order valence-corrected chi connectivity index (χ0v) is 25.7. The third-order valence-electron chi connectivity index (χ3n) is 7.15. The van der Waals surface area contributed by atoms with Crippen LogP contribution in [0.1, 0.15) is 22.3 Å². The van der Waals surface area contributed by atoms with Gasteiger partial charge in [-0.15, -0.1) is 0 Å². The zero-order valence-electron chi connectivity index (χ0n) is 24.1. The van der Waals surface area contributed by atoms with E-state index < -0.39 is 40.2 Å². The number of halogens is 2. The number of carbonyl (C=O) groups excluding carboxylic acids is 2. The number of carbonyl (C=O) groups is 2. The predicted molar refractivity (Wildman–Crippen MR) is 167 cm³/mol. The minimum Gasteiger partial charge on any atom is -0.357 e. The van der Waals surface area contributed by atoms with E-state index in [0.29, 0.717) is 5.02 Å². The third-order valence-corrected chi connectivity index (χ3v) is 9.34. The second-order valence-corrected chi connectivity index (χ2v) is 12.5. The molecular formula is C33H33ClFN3O4S. The van der Waals surface area contributed by atoms with Crippen LogP contribution >= 0.6 is 11.6 Å². The summed E-state index contributed by atoms with van der Waals surface area (Å²) < 4.78 is 43.9. The SMILES string of the molecule is CNC(=O)[C@@H](Cc1ccccc1)N(Cc1ccccc1F)C(=O)CN(c1ccc(C)c(Cl)c1)S(=O)(=O)c1ccc(C)cc1. The monoisotopic (exact) mass is 621 g/mol. The van der Waals surface area contributed by atoms with Crippen LogP contribution in [-0.2, 0) is 32.6 Å². The molecule has 0 aliphatic carbocycles. The average molecular weight is 622 g/mol. The molecule has 0 unspecified atom stereocenters. The highest BCUT2D eigenvalue weighted by Crippen LogP contribution is 2.29. The van der Waals surface area contributed by atoms with Gasteiger partial charge in [0.2, 0.25) is 11.8 Å². The standard InChI is InChI=1S/C33H33ClFN3O4S/c1-23-13-17-28(18-14-23)43(41,42)38(27-16-15-24(2)29(34)20-27)22-32(39)37(21-26-11-7-8-12-30(26)35)31(33(40)36-3)19-25-9-5-4-6-10-25/h4-18,20,31H,19,21-22H2,1-3H3,(H,36,40)/t31-/m1/s1. The molecule has 0 saturated carbocycles. The van der Waals surface area contributed by atoms with Crippen molar-refractivity contribution in [1.29, 1.82) is 0 Å². The summed E-state index contributed by atoms with van der Waals surface area (Å²) in [6.45, 7) is 2.70. The number of benzene rings is 4. The molecule has 1 atom stereocenters. The molecule has 0 aromatic heterocycles. The lowest BCUT2D eigenvalue weighted by Gasteiger charge is -2.33. The first-order valence-corrected chi connectivity index (χ1v) is 15.5. The van der Waals surface area contributed by atoms with Crippen molar-refractivity contribution in [2.75, 3.05) is 17.9 Å². The van der Waals surface area contributed by atoms with Gasteiger partial charge < -0.3 is 10.2 Å². The maximum absolute atomic E-state index is 14.9. The number of rotatable bonds is 11. The Morgan fingerprint density at radius 2 is 1.56 bits per heavy atom. The van der Waals surface area contributed by atoms with Crippen molar-refractivity contribution < 1.29 is 22.4 Å². The van der Waals surface area contributed by atoms with Gasteiger partial charge in [0, 0.05) is 30.6 Å². The molecule has 0 bridgehead atoms. The average Bonchev–Trinajstić information content (AvgIpc) is 3.00. The van der Waals surface area contributed by atoms with E-state index in [0.717, 1.165) is 21.0 Å². The number of aryl methyl sites for hydroxylation is 2. The van der Waals surface area contributed by atoms with Gasteiger partial charge in [0.05, 0.1) is 10.6 Å². The molecule has 0 fully saturated rings. The summed E-state index contributed by atoms with van der Waals surface area (Å²) in [6.07, 6.45) is 0.127. The summed E-state index contributed by atoms with van der Waals surface area (Å²) in [5.74, 6) is -1.72. The van der Waals surface area contributed by atoms with E-state index in [-0.39, 0.29) is 29.1 Å². The van der Waals surface area contributed by atoms with Crippen molar-refractivity contribution >= 4 is 39.1 Å². The van der Waals surface area contributed by atoms with Gasteiger partial charge in [0.1, 0.15) is 18.4 Å². The minimum atomic E-state index is -4.27. The summed E-state index contributed by atoms with van der Waals surface area (Å²) in [5.41, 5.74) is 2.73. The van der Waals surface area contributed by atoms with Crippen LogP contribution in [0.2, 0.25) is 5.02 Å². The minimum absolute atomic E-state index is 0.0182. The summed E-state index contributed by atoms with van der Waals surface area (Å²) in [5, 5.41) is 2.93. The number of hydrogen-bond donors (Lipinski definition) is 1. The van der Waals surface area contributed by atoms with Crippen molar-refractivity contribution in [2.24, 2.45) is 0 Å². The van der Waals surface area contributed by atoms with E-state index in [1.807, 2.05) is 37.3 Å². The van der Waals surface area contributed by atoms with Crippen LogP contribution in [0.4, 0.5) is 10.1 Å². The largest absolute Gasteiger partial charge is 0.357 e. The van der Waals surface area contributed by atoms with E-state index in [1.54, 1.807) is 37.3 Å². The van der Waals surface area contributed by atoms with Gasteiger partial charge >= 0.3 is 0 Å². The maximum Gasteiger partial charge on any atom is 0.264 e. The summed E-state index contributed by atoms with van der Waals surface area (Å²) in [4.78, 5) is 28.8. The summed E-state index contributed by atoms with van der Waals surface area (Å²) in [6, 6.07) is 25.0. The van der Waals surface area contributed by atoms with E-state index in [2.05, 4.69) is 5.32 Å². The molecule has 4 aromatic rings. The number of sulfonamides is 1. The Hall–Kier alpha value is -4.21. The highest BCUT2D eigenvalue weighted by atomic mass is 35.5. The predicted octanol–water partition coefficient (Wildman–Crippen LogP) is 5.68. The fraction of sp³-hybridized carbons (Fsp3) is 0.212. The number of likely N-dealkylation sites (N-methyl/N-ethyl adjacent to an activating group) is 1. The molecule has 7 nitrogen and oxygen atoms in total.